The molecule has 0 radical (unpaired) electrons. The summed E-state index contributed by atoms with van der Waals surface area (Å²) >= 11 is 14.3. The van der Waals surface area contributed by atoms with E-state index < -0.39 is 5.79 Å². The van der Waals surface area contributed by atoms with Crippen LogP contribution in [0.4, 0.5) is 11.4 Å². The molecule has 0 amide bonds. The van der Waals surface area contributed by atoms with Crippen LogP contribution in [0.5, 0.6) is 5.75 Å². The van der Waals surface area contributed by atoms with Crippen LogP contribution in [0.15, 0.2) is 89.4 Å². The zero-order valence-corrected chi connectivity index (χ0v) is 29.7. The fraction of sp³-hybridized carbons (Fsp3) is 0.361. The number of aromatic nitrogens is 4. The fourth-order valence-corrected chi connectivity index (χ4v) is 7.50. The van der Waals surface area contributed by atoms with E-state index >= 15 is 0 Å². The minimum absolute atomic E-state index is 0.0670. The molecule has 2 saturated heterocycles. The van der Waals surface area contributed by atoms with Crippen molar-refractivity contribution in [3.05, 3.63) is 116 Å². The third kappa shape index (κ3) is 7.22. The number of anilines is 2. The predicted octanol–water partition coefficient (Wildman–Crippen LogP) is 6.98. The second-order valence-corrected chi connectivity index (χ2v) is 14.1. The van der Waals surface area contributed by atoms with Crippen LogP contribution >= 0.6 is 34.5 Å². The van der Waals surface area contributed by atoms with Crippen LogP contribution < -0.4 is 20.2 Å². The SMILES string of the molecule is CC[C@@H](C)n1ncn(-c2ccc(N3CCN(c4ccc(OC[C@@H]5CO[C@@](Cc6nccs6)(c6ccc(Cl)cc6Cl)O5)cc4)CC3)cc2)c1=O. The fourth-order valence-electron chi connectivity index (χ4n) is 6.27. The van der Waals surface area contributed by atoms with Crippen molar-refractivity contribution in [1.29, 1.82) is 0 Å². The molecule has 3 aromatic carbocycles. The van der Waals surface area contributed by atoms with E-state index in [0.717, 1.165) is 66.0 Å². The summed E-state index contributed by atoms with van der Waals surface area (Å²) in [5.41, 5.74) is 3.72. The van der Waals surface area contributed by atoms with Crippen LogP contribution in [0.1, 0.15) is 36.9 Å². The Kier molecular flexibility index (Phi) is 9.98. The summed E-state index contributed by atoms with van der Waals surface area (Å²) in [5, 5.41) is 8.16. The van der Waals surface area contributed by atoms with Gasteiger partial charge in [0.05, 0.1) is 34.8 Å². The molecule has 2 aromatic heterocycles. The van der Waals surface area contributed by atoms with Gasteiger partial charge >= 0.3 is 5.69 Å². The van der Waals surface area contributed by atoms with Crippen molar-refractivity contribution in [3.8, 4) is 11.4 Å². The van der Waals surface area contributed by atoms with Crippen molar-refractivity contribution in [3.63, 3.8) is 0 Å². The molecule has 0 bridgehead atoms. The number of hydrogen-bond donors (Lipinski definition) is 0. The lowest BCUT2D eigenvalue weighted by Gasteiger charge is -2.37. The Morgan fingerprint density at radius 1 is 0.980 bits per heavy atom. The topological polar surface area (TPSA) is 86.9 Å². The molecule has 5 aromatic rings. The van der Waals surface area contributed by atoms with E-state index in [-0.39, 0.29) is 17.8 Å². The first-order valence-electron chi connectivity index (χ1n) is 16.5. The number of rotatable bonds is 11. The summed E-state index contributed by atoms with van der Waals surface area (Å²) < 4.78 is 22.1. The quantitative estimate of drug-likeness (QED) is 0.144. The standard InChI is InChI=1S/C36H38Cl2N6O4S/c1-3-25(2)44-35(45)43(24-40-44)29-7-5-27(6-8-29)41-15-17-42(18-16-41)28-9-11-30(12-10-28)46-22-31-23-47-36(48-31,21-34-39-14-19-49-34)32-13-4-26(37)20-33(32)38/h4-14,19-20,24-25,31H,3,15-18,21-23H2,1-2H3/t25-,31-,36-/m1/s1. The van der Waals surface area contributed by atoms with Crippen molar-refractivity contribution in [2.45, 2.75) is 44.6 Å². The lowest BCUT2D eigenvalue weighted by Crippen LogP contribution is -2.46. The van der Waals surface area contributed by atoms with Gasteiger partial charge in [0.1, 0.15) is 24.8 Å². The van der Waals surface area contributed by atoms with Gasteiger partial charge in [-0.2, -0.15) is 5.10 Å². The van der Waals surface area contributed by atoms with Gasteiger partial charge in [-0.3, -0.25) is 0 Å². The van der Waals surface area contributed by atoms with Gasteiger partial charge in [-0.15, -0.1) is 11.3 Å². The zero-order valence-electron chi connectivity index (χ0n) is 27.4. The Bertz CT molecular complexity index is 1910. The first kappa shape index (κ1) is 33.6. The number of benzene rings is 3. The highest BCUT2D eigenvalue weighted by atomic mass is 35.5. The molecule has 49 heavy (non-hydrogen) atoms. The van der Waals surface area contributed by atoms with E-state index in [1.165, 1.54) is 0 Å². The molecule has 4 heterocycles. The van der Waals surface area contributed by atoms with Gasteiger partial charge in [0.15, 0.2) is 0 Å². The Balaban J connectivity index is 0.925. The van der Waals surface area contributed by atoms with Crippen LogP contribution in [0, 0.1) is 0 Å². The summed E-state index contributed by atoms with van der Waals surface area (Å²) in [4.78, 5) is 22.0. The number of halogens is 2. The third-order valence-corrected chi connectivity index (χ3v) is 10.5. The summed E-state index contributed by atoms with van der Waals surface area (Å²) in [6, 6.07) is 21.7. The second-order valence-electron chi connectivity index (χ2n) is 12.3. The van der Waals surface area contributed by atoms with Crippen LogP contribution in [0.25, 0.3) is 5.69 Å². The first-order valence-corrected chi connectivity index (χ1v) is 18.1. The lowest BCUT2D eigenvalue weighted by molar-refractivity contribution is -0.178. The normalized spacial score (nSPS) is 20.1. The first-order chi connectivity index (χ1) is 23.8. The Labute approximate surface area is 299 Å². The second kappa shape index (κ2) is 14.5. The molecule has 7 rings (SSSR count). The Hall–Kier alpha value is -3.87. The molecular formula is C36H38Cl2N6O4S. The number of nitrogens with zero attached hydrogens (tertiary/aromatic N) is 6. The van der Waals surface area contributed by atoms with Crippen molar-refractivity contribution < 1.29 is 14.2 Å². The number of ether oxygens (including phenoxy) is 3. The molecule has 0 N–H and O–H groups in total. The molecule has 0 saturated carbocycles. The monoisotopic (exact) mass is 720 g/mol. The molecule has 3 atom stereocenters. The number of thiazole rings is 1. The highest BCUT2D eigenvalue weighted by molar-refractivity contribution is 7.09. The minimum Gasteiger partial charge on any atom is -0.491 e. The third-order valence-electron chi connectivity index (χ3n) is 9.18. The molecule has 13 heteroatoms. The van der Waals surface area contributed by atoms with Gasteiger partial charge in [0.2, 0.25) is 5.79 Å². The number of hydrogen-bond acceptors (Lipinski definition) is 9. The van der Waals surface area contributed by atoms with E-state index in [1.807, 2.05) is 42.6 Å². The Morgan fingerprint density at radius 3 is 2.29 bits per heavy atom. The molecule has 2 fully saturated rings. The van der Waals surface area contributed by atoms with Gasteiger partial charge in [-0.25, -0.2) is 19.0 Å². The maximum absolute atomic E-state index is 12.8. The van der Waals surface area contributed by atoms with Crippen molar-refractivity contribution >= 4 is 45.9 Å². The van der Waals surface area contributed by atoms with Crippen LogP contribution in [0.2, 0.25) is 10.0 Å². The number of piperazine rings is 1. The molecule has 10 nitrogen and oxygen atoms in total. The van der Waals surface area contributed by atoms with Crippen molar-refractivity contribution in [2.75, 3.05) is 49.2 Å². The predicted molar refractivity (Wildman–Crippen MR) is 194 cm³/mol. The minimum atomic E-state index is -1.07. The van der Waals surface area contributed by atoms with Gasteiger partial charge < -0.3 is 24.0 Å². The van der Waals surface area contributed by atoms with Gasteiger partial charge in [0.25, 0.3) is 0 Å². The van der Waals surface area contributed by atoms with E-state index in [4.69, 9.17) is 37.4 Å². The smallest absolute Gasteiger partial charge is 0.350 e. The highest BCUT2D eigenvalue weighted by Crippen LogP contribution is 2.42. The molecule has 2 aliphatic heterocycles. The Morgan fingerprint density at radius 2 is 1.65 bits per heavy atom. The molecule has 0 spiro atoms. The lowest BCUT2D eigenvalue weighted by atomic mass is 10.0. The van der Waals surface area contributed by atoms with Crippen LogP contribution in [-0.4, -0.2) is 64.8 Å². The largest absolute Gasteiger partial charge is 0.491 e. The molecule has 256 valence electrons. The van der Waals surface area contributed by atoms with E-state index in [2.05, 4.69) is 51.1 Å². The van der Waals surface area contributed by atoms with Crippen LogP contribution in [0.3, 0.4) is 0 Å². The van der Waals surface area contributed by atoms with Gasteiger partial charge in [-0.05, 0) is 74.0 Å². The maximum atomic E-state index is 12.8. The molecule has 0 unspecified atom stereocenters. The summed E-state index contributed by atoms with van der Waals surface area (Å²) in [6.45, 7) is 8.31. The molecular weight excluding hydrogens is 683 g/mol. The summed E-state index contributed by atoms with van der Waals surface area (Å²) in [5.74, 6) is -0.305. The summed E-state index contributed by atoms with van der Waals surface area (Å²) in [6.07, 6.45) is 4.36. The van der Waals surface area contributed by atoms with Crippen molar-refractivity contribution in [2.24, 2.45) is 0 Å². The molecule has 0 aliphatic carbocycles. The van der Waals surface area contributed by atoms with E-state index in [1.54, 1.807) is 45.2 Å². The van der Waals surface area contributed by atoms with Gasteiger partial charge in [-0.1, -0.05) is 36.2 Å². The van der Waals surface area contributed by atoms with Crippen molar-refractivity contribution in [1.82, 2.24) is 19.3 Å². The average Bonchev–Trinajstić information content (AvgIpc) is 3.88. The maximum Gasteiger partial charge on any atom is 0.350 e. The van der Waals surface area contributed by atoms with E-state index in [0.29, 0.717) is 29.7 Å². The average molecular weight is 722 g/mol. The van der Waals surface area contributed by atoms with E-state index in [9.17, 15) is 4.79 Å². The van der Waals surface area contributed by atoms with Crippen LogP contribution in [-0.2, 0) is 21.7 Å². The molecule has 2 aliphatic rings. The van der Waals surface area contributed by atoms with Gasteiger partial charge in [0, 0.05) is 59.7 Å². The zero-order chi connectivity index (χ0) is 34.0. The summed E-state index contributed by atoms with van der Waals surface area (Å²) in [7, 11) is 0. The highest BCUT2D eigenvalue weighted by Gasteiger charge is 2.45.